The number of rotatable bonds is 4. The summed E-state index contributed by atoms with van der Waals surface area (Å²) < 4.78 is 33.3. The summed E-state index contributed by atoms with van der Waals surface area (Å²) in [6, 6.07) is 16.2. The van der Waals surface area contributed by atoms with Gasteiger partial charge < -0.3 is 14.5 Å². The predicted octanol–water partition coefficient (Wildman–Crippen LogP) is 4.24. The highest BCUT2D eigenvalue weighted by Gasteiger charge is 2.25. The zero-order chi connectivity index (χ0) is 22.7. The molecule has 1 aliphatic rings. The Morgan fingerprint density at radius 2 is 1.59 bits per heavy atom. The van der Waals surface area contributed by atoms with Crippen LogP contribution < -0.4 is 4.74 Å². The first-order valence-corrected chi connectivity index (χ1v) is 10.3. The Morgan fingerprint density at radius 3 is 2.28 bits per heavy atom. The largest absolute Gasteiger partial charge is 0.422 e. The third kappa shape index (κ3) is 4.68. The number of hydrogen-bond acceptors (Lipinski definition) is 4. The lowest BCUT2D eigenvalue weighted by atomic mass is 10.0. The van der Waals surface area contributed by atoms with Crippen molar-refractivity contribution in [3.05, 3.63) is 89.5 Å². The summed E-state index contributed by atoms with van der Waals surface area (Å²) in [5, 5.41) is 0. The van der Waals surface area contributed by atoms with E-state index < -0.39 is 17.6 Å². The van der Waals surface area contributed by atoms with E-state index in [1.165, 1.54) is 18.2 Å². The summed E-state index contributed by atoms with van der Waals surface area (Å²) in [6.07, 6.45) is 0. The summed E-state index contributed by atoms with van der Waals surface area (Å²) in [7, 11) is 1.98. The molecule has 0 unspecified atom stereocenters. The van der Waals surface area contributed by atoms with Crippen molar-refractivity contribution >= 4 is 11.9 Å². The van der Waals surface area contributed by atoms with Crippen molar-refractivity contribution in [2.24, 2.45) is 0 Å². The minimum Gasteiger partial charge on any atom is -0.422 e. The van der Waals surface area contributed by atoms with Crippen molar-refractivity contribution in [1.29, 1.82) is 0 Å². The first-order chi connectivity index (χ1) is 15.4. The highest BCUT2D eigenvalue weighted by atomic mass is 19.1. The van der Waals surface area contributed by atoms with Crippen LogP contribution in [0.2, 0.25) is 0 Å². The number of likely N-dealkylation sites (N-methyl/N-ethyl adjacent to an activating group) is 1. The van der Waals surface area contributed by atoms with Crippen LogP contribution in [0.5, 0.6) is 5.75 Å². The van der Waals surface area contributed by atoms with Gasteiger partial charge in [-0.05, 0) is 49.0 Å². The monoisotopic (exact) mass is 436 g/mol. The fourth-order valence-electron chi connectivity index (χ4n) is 3.59. The number of benzene rings is 3. The molecule has 0 radical (unpaired) electrons. The van der Waals surface area contributed by atoms with Crippen LogP contribution >= 0.6 is 0 Å². The standard InChI is InChI=1S/C25H22F2N2O3/c1-28-11-13-29(14-12-28)24(30)21-15-18(20-9-8-19(26)16-22(20)27)7-10-23(21)32-25(31)17-5-3-2-4-6-17/h2-10,15-16H,11-14H2,1H3. The van der Waals surface area contributed by atoms with Crippen LogP contribution in [0.15, 0.2) is 66.7 Å². The Labute approximate surface area is 184 Å². The molecule has 4 rings (SSSR count). The molecule has 0 bridgehead atoms. The third-order valence-electron chi connectivity index (χ3n) is 5.45. The van der Waals surface area contributed by atoms with Crippen LogP contribution in [-0.2, 0) is 0 Å². The SMILES string of the molecule is CN1CCN(C(=O)c2cc(-c3ccc(F)cc3F)ccc2OC(=O)c2ccccc2)CC1. The number of esters is 1. The molecule has 1 aliphatic heterocycles. The topological polar surface area (TPSA) is 49.9 Å². The Kier molecular flexibility index (Phi) is 6.28. The Hall–Kier alpha value is -3.58. The van der Waals surface area contributed by atoms with Gasteiger partial charge in [-0.2, -0.15) is 0 Å². The van der Waals surface area contributed by atoms with Gasteiger partial charge in [0.05, 0.1) is 11.1 Å². The molecule has 7 heteroatoms. The Balaban J connectivity index is 1.71. The molecule has 0 saturated carbocycles. The number of carbonyl (C=O) groups excluding carboxylic acids is 2. The number of amides is 1. The maximum absolute atomic E-state index is 14.4. The fourth-order valence-corrected chi connectivity index (χ4v) is 3.59. The minimum atomic E-state index is -0.739. The number of carbonyl (C=O) groups is 2. The molecule has 1 fully saturated rings. The van der Waals surface area contributed by atoms with E-state index >= 15 is 0 Å². The van der Waals surface area contributed by atoms with E-state index in [0.29, 0.717) is 24.2 Å². The Morgan fingerprint density at radius 1 is 0.875 bits per heavy atom. The molecule has 0 atom stereocenters. The maximum atomic E-state index is 14.4. The van der Waals surface area contributed by atoms with Crippen molar-refractivity contribution in [3.8, 4) is 16.9 Å². The molecular weight excluding hydrogens is 414 g/mol. The van der Waals surface area contributed by atoms with Crippen molar-refractivity contribution in [1.82, 2.24) is 9.80 Å². The molecule has 3 aromatic carbocycles. The molecule has 1 saturated heterocycles. The molecule has 0 aromatic heterocycles. The van der Waals surface area contributed by atoms with Gasteiger partial charge in [0.2, 0.25) is 0 Å². The lowest BCUT2D eigenvalue weighted by molar-refractivity contribution is 0.0653. The number of piperazine rings is 1. The third-order valence-corrected chi connectivity index (χ3v) is 5.45. The second-order valence-corrected chi connectivity index (χ2v) is 7.69. The van der Waals surface area contributed by atoms with Crippen LogP contribution in [0, 0.1) is 11.6 Å². The van der Waals surface area contributed by atoms with Crippen molar-refractivity contribution in [2.45, 2.75) is 0 Å². The average molecular weight is 436 g/mol. The highest BCUT2D eigenvalue weighted by Crippen LogP contribution is 2.30. The summed E-state index contributed by atoms with van der Waals surface area (Å²) in [4.78, 5) is 29.7. The molecule has 1 amide bonds. The molecule has 3 aromatic rings. The lowest BCUT2D eigenvalue weighted by Crippen LogP contribution is -2.47. The normalized spacial score (nSPS) is 14.3. The quantitative estimate of drug-likeness (QED) is 0.454. The highest BCUT2D eigenvalue weighted by molar-refractivity contribution is 6.00. The summed E-state index contributed by atoms with van der Waals surface area (Å²) >= 11 is 0. The van der Waals surface area contributed by atoms with E-state index in [2.05, 4.69) is 4.90 Å². The number of halogens is 2. The fraction of sp³-hybridized carbons (Fsp3) is 0.200. The van der Waals surface area contributed by atoms with E-state index in [0.717, 1.165) is 25.2 Å². The first kappa shape index (κ1) is 21.6. The van der Waals surface area contributed by atoms with E-state index in [-0.39, 0.29) is 22.8 Å². The van der Waals surface area contributed by atoms with Gasteiger partial charge in [-0.25, -0.2) is 13.6 Å². The van der Waals surface area contributed by atoms with Crippen LogP contribution in [0.25, 0.3) is 11.1 Å². The van der Waals surface area contributed by atoms with E-state index in [9.17, 15) is 18.4 Å². The number of nitrogens with zero attached hydrogens (tertiary/aromatic N) is 2. The summed E-state index contributed by atoms with van der Waals surface area (Å²) in [5.74, 6) is -2.24. The van der Waals surface area contributed by atoms with Gasteiger partial charge in [0.25, 0.3) is 5.91 Å². The second kappa shape index (κ2) is 9.28. The summed E-state index contributed by atoms with van der Waals surface area (Å²) in [5.41, 5.74) is 1.04. The first-order valence-electron chi connectivity index (χ1n) is 10.3. The zero-order valence-corrected chi connectivity index (χ0v) is 17.6. The summed E-state index contributed by atoms with van der Waals surface area (Å²) in [6.45, 7) is 2.49. The van der Waals surface area contributed by atoms with Crippen molar-refractivity contribution in [2.75, 3.05) is 33.2 Å². The minimum absolute atomic E-state index is 0.0917. The predicted molar refractivity (Wildman–Crippen MR) is 117 cm³/mol. The molecule has 5 nitrogen and oxygen atoms in total. The van der Waals surface area contributed by atoms with Crippen LogP contribution in [0.3, 0.4) is 0 Å². The van der Waals surface area contributed by atoms with E-state index in [1.54, 1.807) is 41.3 Å². The van der Waals surface area contributed by atoms with Crippen LogP contribution in [0.1, 0.15) is 20.7 Å². The van der Waals surface area contributed by atoms with Gasteiger partial charge in [-0.3, -0.25) is 4.79 Å². The maximum Gasteiger partial charge on any atom is 0.343 e. The van der Waals surface area contributed by atoms with Crippen LogP contribution in [-0.4, -0.2) is 54.9 Å². The molecule has 0 N–H and O–H groups in total. The van der Waals surface area contributed by atoms with Crippen molar-refractivity contribution in [3.63, 3.8) is 0 Å². The van der Waals surface area contributed by atoms with Gasteiger partial charge in [-0.15, -0.1) is 0 Å². The van der Waals surface area contributed by atoms with Gasteiger partial charge in [0.15, 0.2) is 0 Å². The van der Waals surface area contributed by atoms with Gasteiger partial charge in [0.1, 0.15) is 17.4 Å². The van der Waals surface area contributed by atoms with Gasteiger partial charge >= 0.3 is 5.97 Å². The molecular formula is C25H22F2N2O3. The van der Waals surface area contributed by atoms with Crippen molar-refractivity contribution < 1.29 is 23.1 Å². The Bertz CT molecular complexity index is 1140. The smallest absolute Gasteiger partial charge is 0.343 e. The second-order valence-electron chi connectivity index (χ2n) is 7.69. The number of hydrogen-bond donors (Lipinski definition) is 0. The molecule has 1 heterocycles. The van der Waals surface area contributed by atoms with Gasteiger partial charge in [0, 0.05) is 37.8 Å². The van der Waals surface area contributed by atoms with Gasteiger partial charge in [-0.1, -0.05) is 24.3 Å². The lowest BCUT2D eigenvalue weighted by Gasteiger charge is -2.32. The van der Waals surface area contributed by atoms with E-state index in [1.807, 2.05) is 7.05 Å². The number of ether oxygens (including phenoxy) is 1. The van der Waals surface area contributed by atoms with E-state index in [4.69, 9.17) is 4.74 Å². The van der Waals surface area contributed by atoms with Crippen LogP contribution in [0.4, 0.5) is 8.78 Å². The average Bonchev–Trinajstić information content (AvgIpc) is 2.80. The molecule has 164 valence electrons. The molecule has 32 heavy (non-hydrogen) atoms. The molecule has 0 aliphatic carbocycles. The molecule has 0 spiro atoms. The zero-order valence-electron chi connectivity index (χ0n) is 17.6.